The average molecular weight is 380 g/mol. The molecule has 1 atom stereocenters. The maximum atomic E-state index is 8.86. The predicted molar refractivity (Wildman–Crippen MR) is 114 cm³/mol. The van der Waals surface area contributed by atoms with Crippen molar-refractivity contribution in [1.29, 1.82) is 0 Å². The average Bonchev–Trinajstić information content (AvgIpc) is 2.60. The normalized spacial score (nSPS) is 12.3. The van der Waals surface area contributed by atoms with Crippen molar-refractivity contribution in [3.05, 3.63) is 0 Å². The van der Waals surface area contributed by atoms with Crippen molar-refractivity contribution < 1.29 is 15.3 Å². The minimum atomic E-state index is -0.264. The summed E-state index contributed by atoms with van der Waals surface area (Å²) in [6.45, 7) is 19.4. The molecule has 0 aliphatic carbocycles. The van der Waals surface area contributed by atoms with Gasteiger partial charge in [0.15, 0.2) is 0 Å². The molecule has 0 aromatic carbocycles. The molecule has 0 aromatic heterocycles. The zero-order valence-electron chi connectivity index (χ0n) is 19.1. The Hall–Kier alpha value is -0.240. The van der Waals surface area contributed by atoms with E-state index in [1.165, 1.54) is 0 Å². The lowest BCUT2D eigenvalue weighted by Gasteiger charge is -2.29. The minimum absolute atomic E-state index is 0.260. The van der Waals surface area contributed by atoms with Crippen LogP contribution in [0.2, 0.25) is 0 Å². The third-order valence-corrected chi connectivity index (χ3v) is 4.17. The van der Waals surface area contributed by atoms with E-state index in [2.05, 4.69) is 51.3 Å². The molecule has 0 amide bonds. The van der Waals surface area contributed by atoms with Crippen molar-refractivity contribution in [2.24, 2.45) is 0 Å². The van der Waals surface area contributed by atoms with Gasteiger partial charge in [-0.3, -0.25) is 9.80 Å². The summed E-state index contributed by atoms with van der Waals surface area (Å²) in [6, 6.07) is 1.07. The summed E-state index contributed by atoms with van der Waals surface area (Å²) in [5.74, 6) is 0. The second-order valence-corrected chi connectivity index (χ2v) is 7.11. The first kappa shape index (κ1) is 30.5. The number of aliphatic hydroxyl groups is 3. The van der Waals surface area contributed by atoms with E-state index in [0.29, 0.717) is 18.7 Å². The number of rotatable bonds is 11. The van der Waals surface area contributed by atoms with E-state index in [1.807, 2.05) is 21.0 Å². The largest absolute Gasteiger partial charge is 0.396 e. The highest BCUT2D eigenvalue weighted by atomic mass is 16.3. The Morgan fingerprint density at radius 3 is 1.38 bits per heavy atom. The molecule has 0 aromatic rings. The van der Waals surface area contributed by atoms with Crippen molar-refractivity contribution in [2.45, 2.75) is 79.6 Å². The van der Waals surface area contributed by atoms with Crippen LogP contribution >= 0.6 is 0 Å². The van der Waals surface area contributed by atoms with Gasteiger partial charge < -0.3 is 20.2 Å². The molecule has 0 spiro atoms. The topological polar surface area (TPSA) is 70.4 Å². The Morgan fingerprint density at radius 1 is 0.769 bits per heavy atom. The van der Waals surface area contributed by atoms with Crippen LogP contribution in [0.5, 0.6) is 0 Å². The molecule has 26 heavy (non-hydrogen) atoms. The lowest BCUT2D eigenvalue weighted by atomic mass is 10.2. The van der Waals surface area contributed by atoms with Crippen LogP contribution in [-0.2, 0) is 0 Å². The summed E-state index contributed by atoms with van der Waals surface area (Å²) in [7, 11) is 3.71. The summed E-state index contributed by atoms with van der Waals surface area (Å²) in [5, 5.41) is 26.0. The Labute approximate surface area is 163 Å². The third-order valence-electron chi connectivity index (χ3n) is 4.17. The maximum Gasteiger partial charge on any atom is 0.106 e. The Morgan fingerprint density at radius 2 is 1.23 bits per heavy atom. The van der Waals surface area contributed by atoms with E-state index in [4.69, 9.17) is 15.3 Å². The lowest BCUT2D eigenvalue weighted by molar-refractivity contribution is 0.0377. The van der Waals surface area contributed by atoms with Gasteiger partial charge in [0.1, 0.15) is 6.23 Å². The van der Waals surface area contributed by atoms with Crippen LogP contribution in [0.3, 0.4) is 0 Å². The molecule has 162 valence electrons. The molecule has 3 N–H and O–H groups in total. The summed E-state index contributed by atoms with van der Waals surface area (Å²) in [4.78, 5) is 6.34. The summed E-state index contributed by atoms with van der Waals surface area (Å²) in [6.07, 6.45) is 1.44. The van der Waals surface area contributed by atoms with Crippen LogP contribution in [0.15, 0.2) is 0 Å². The number of aliphatic hydroxyl groups excluding tert-OH is 3. The first-order valence-corrected chi connectivity index (χ1v) is 10.2. The molecule has 0 aliphatic rings. The fourth-order valence-corrected chi connectivity index (χ4v) is 2.43. The third kappa shape index (κ3) is 20.1. The van der Waals surface area contributed by atoms with Crippen molar-refractivity contribution >= 4 is 0 Å². The zero-order valence-corrected chi connectivity index (χ0v) is 19.1. The van der Waals surface area contributed by atoms with E-state index in [9.17, 15) is 0 Å². The van der Waals surface area contributed by atoms with Gasteiger partial charge in [-0.2, -0.15) is 0 Å². The quantitative estimate of drug-likeness (QED) is 0.478. The maximum absolute atomic E-state index is 8.86. The summed E-state index contributed by atoms with van der Waals surface area (Å²) in [5.41, 5.74) is 0. The molecule has 0 saturated carbocycles. The molecule has 0 heterocycles. The van der Waals surface area contributed by atoms with Crippen LogP contribution < -0.4 is 0 Å². The van der Waals surface area contributed by atoms with Gasteiger partial charge in [0.2, 0.25) is 0 Å². The van der Waals surface area contributed by atoms with E-state index < -0.39 is 0 Å². The van der Waals surface area contributed by atoms with Crippen molar-refractivity contribution in [2.75, 3.05) is 53.5 Å². The molecule has 0 rings (SSSR count). The number of hydrogen-bond acceptors (Lipinski definition) is 6. The van der Waals surface area contributed by atoms with Crippen LogP contribution in [0, 0.1) is 0 Å². The van der Waals surface area contributed by atoms with Crippen LogP contribution in [0.4, 0.5) is 0 Å². The first-order valence-electron chi connectivity index (χ1n) is 10.2. The minimum Gasteiger partial charge on any atom is -0.396 e. The zero-order chi connectivity index (χ0) is 21.1. The molecule has 6 nitrogen and oxygen atoms in total. The predicted octanol–water partition coefficient (Wildman–Crippen LogP) is 2.08. The highest BCUT2D eigenvalue weighted by Gasteiger charge is 2.11. The second-order valence-electron chi connectivity index (χ2n) is 7.11. The van der Waals surface area contributed by atoms with Crippen molar-refractivity contribution in [3.8, 4) is 0 Å². The molecular weight excluding hydrogens is 330 g/mol. The van der Waals surface area contributed by atoms with Gasteiger partial charge in [-0.15, -0.1) is 0 Å². The molecule has 0 aliphatic heterocycles. The van der Waals surface area contributed by atoms with Gasteiger partial charge in [0.05, 0.1) is 6.61 Å². The van der Waals surface area contributed by atoms with E-state index in [-0.39, 0.29) is 12.8 Å². The van der Waals surface area contributed by atoms with Crippen LogP contribution in [-0.4, -0.2) is 102 Å². The molecular formula is C20H49N3O3. The standard InChI is InChI=1S/C8H19NO.C7H17NO.C5H13NO/c1-7(2)9(5-6-10)8(3)4;1-3-8(4-2)6-5-7-9;1-4-5(7)6(2)3/h7-8,10H,5-6H2,1-4H3;9H,3-7H2,1-2H3;5,7H,4H2,1-3H3. The first-order chi connectivity index (χ1) is 12.1. The van der Waals surface area contributed by atoms with Crippen LogP contribution in [0.1, 0.15) is 61.3 Å². The van der Waals surface area contributed by atoms with Gasteiger partial charge in [0, 0.05) is 31.8 Å². The SMILES string of the molecule is CC(C)N(CCO)C(C)C.CCC(O)N(C)C.CCN(CC)CCCO. The van der Waals surface area contributed by atoms with E-state index >= 15 is 0 Å². The Balaban J connectivity index is -0.000000310. The van der Waals surface area contributed by atoms with E-state index in [1.54, 1.807) is 4.90 Å². The van der Waals surface area contributed by atoms with E-state index in [0.717, 1.165) is 39.0 Å². The van der Waals surface area contributed by atoms with Gasteiger partial charge in [-0.05, 0) is 67.7 Å². The second kappa shape index (κ2) is 21.1. The van der Waals surface area contributed by atoms with Gasteiger partial charge in [-0.1, -0.05) is 20.8 Å². The number of nitrogens with zero attached hydrogens (tertiary/aromatic N) is 3. The molecule has 0 fully saturated rings. The highest BCUT2D eigenvalue weighted by Crippen LogP contribution is 2.02. The fraction of sp³-hybridized carbons (Fsp3) is 1.00. The molecule has 1 unspecified atom stereocenters. The van der Waals surface area contributed by atoms with Crippen molar-refractivity contribution in [1.82, 2.24) is 14.7 Å². The smallest absolute Gasteiger partial charge is 0.106 e. The summed E-state index contributed by atoms with van der Waals surface area (Å²) < 4.78 is 0. The Bertz CT molecular complexity index is 253. The van der Waals surface area contributed by atoms with Gasteiger partial charge in [-0.25, -0.2) is 0 Å². The monoisotopic (exact) mass is 379 g/mol. The molecule has 0 radical (unpaired) electrons. The molecule has 0 bridgehead atoms. The van der Waals surface area contributed by atoms with Gasteiger partial charge in [0.25, 0.3) is 0 Å². The fourth-order valence-electron chi connectivity index (χ4n) is 2.43. The van der Waals surface area contributed by atoms with Gasteiger partial charge >= 0.3 is 0 Å². The van der Waals surface area contributed by atoms with Crippen molar-refractivity contribution in [3.63, 3.8) is 0 Å². The highest BCUT2D eigenvalue weighted by molar-refractivity contribution is 4.65. The lowest BCUT2D eigenvalue weighted by Crippen LogP contribution is -2.38. The summed E-state index contributed by atoms with van der Waals surface area (Å²) >= 11 is 0. The molecule has 6 heteroatoms. The van der Waals surface area contributed by atoms with Crippen LogP contribution in [0.25, 0.3) is 0 Å². The number of hydrogen-bond donors (Lipinski definition) is 3. The molecule has 0 saturated heterocycles. The Kier molecular flexibility index (Phi) is 24.7.